The Morgan fingerprint density at radius 1 is 1.33 bits per heavy atom. The summed E-state index contributed by atoms with van der Waals surface area (Å²) in [5.74, 6) is 0. The van der Waals surface area contributed by atoms with Gasteiger partial charge in [-0.2, -0.15) is 5.26 Å². The number of hydrogen-bond acceptors (Lipinski definition) is 4. The predicted molar refractivity (Wildman–Crippen MR) is 73.3 cm³/mol. The molecule has 1 N–H and O–H groups in total. The van der Waals surface area contributed by atoms with E-state index in [0.29, 0.717) is 6.04 Å². The molecule has 2 bridgehead atoms. The number of hydrogen-bond donors (Lipinski definition) is 1. The third-order valence-corrected chi connectivity index (χ3v) is 4.59. The van der Waals surface area contributed by atoms with Gasteiger partial charge in [0.1, 0.15) is 5.54 Å². The number of likely N-dealkylation sites (tertiary alicyclic amines) is 1. The van der Waals surface area contributed by atoms with E-state index in [0.717, 1.165) is 32.2 Å². The number of likely N-dealkylation sites (N-methyl/N-ethyl adjacent to an activating group) is 2. The smallest absolute Gasteiger partial charge is 0.116 e. The van der Waals surface area contributed by atoms with E-state index in [-0.39, 0.29) is 0 Å². The highest BCUT2D eigenvalue weighted by Crippen LogP contribution is 2.28. The molecule has 102 valence electrons. The molecule has 2 saturated heterocycles. The Kier molecular flexibility index (Phi) is 4.26. The zero-order valence-corrected chi connectivity index (χ0v) is 11.9. The molecule has 2 rings (SSSR count). The van der Waals surface area contributed by atoms with E-state index in [1.165, 1.54) is 19.3 Å². The summed E-state index contributed by atoms with van der Waals surface area (Å²) in [6.07, 6.45) is 3.93. The van der Waals surface area contributed by atoms with Crippen LogP contribution in [0.2, 0.25) is 0 Å². The zero-order chi connectivity index (χ0) is 13.2. The van der Waals surface area contributed by atoms with Gasteiger partial charge in [0.15, 0.2) is 0 Å². The molecular formula is C14H26N4. The van der Waals surface area contributed by atoms with Gasteiger partial charge in [0.05, 0.1) is 6.07 Å². The van der Waals surface area contributed by atoms with Crippen molar-refractivity contribution in [2.45, 2.75) is 50.7 Å². The van der Waals surface area contributed by atoms with Crippen LogP contribution < -0.4 is 5.32 Å². The van der Waals surface area contributed by atoms with Crippen molar-refractivity contribution in [3.8, 4) is 6.07 Å². The van der Waals surface area contributed by atoms with Crippen LogP contribution in [0.5, 0.6) is 0 Å². The second-order valence-electron chi connectivity index (χ2n) is 6.05. The highest BCUT2D eigenvalue weighted by Gasteiger charge is 2.36. The minimum atomic E-state index is -0.406. The maximum Gasteiger partial charge on any atom is 0.116 e. The summed E-state index contributed by atoms with van der Waals surface area (Å²) in [6, 6.07) is 3.90. The quantitative estimate of drug-likeness (QED) is 0.810. The van der Waals surface area contributed by atoms with Crippen molar-refractivity contribution in [3.63, 3.8) is 0 Å². The highest BCUT2D eigenvalue weighted by molar-refractivity contribution is 5.06. The lowest BCUT2D eigenvalue weighted by molar-refractivity contribution is 0.192. The molecule has 0 amide bonds. The van der Waals surface area contributed by atoms with E-state index in [1.54, 1.807) is 0 Å². The van der Waals surface area contributed by atoms with Crippen molar-refractivity contribution in [3.05, 3.63) is 0 Å². The molecule has 18 heavy (non-hydrogen) atoms. The van der Waals surface area contributed by atoms with Crippen LogP contribution in [0.3, 0.4) is 0 Å². The molecule has 2 aliphatic heterocycles. The molecule has 2 aliphatic rings. The van der Waals surface area contributed by atoms with Crippen molar-refractivity contribution in [2.24, 2.45) is 0 Å². The van der Waals surface area contributed by atoms with Crippen molar-refractivity contribution in [1.29, 1.82) is 5.26 Å². The second-order valence-corrected chi connectivity index (χ2v) is 6.05. The first-order valence-electron chi connectivity index (χ1n) is 7.18. The Morgan fingerprint density at radius 2 is 2.06 bits per heavy atom. The summed E-state index contributed by atoms with van der Waals surface area (Å²) < 4.78 is 0. The zero-order valence-electron chi connectivity index (χ0n) is 11.9. The molecule has 0 aromatic carbocycles. The fourth-order valence-corrected chi connectivity index (χ4v) is 3.49. The van der Waals surface area contributed by atoms with Gasteiger partial charge in [0, 0.05) is 25.2 Å². The molecule has 2 fully saturated rings. The van der Waals surface area contributed by atoms with Gasteiger partial charge in [-0.15, -0.1) is 0 Å². The van der Waals surface area contributed by atoms with Crippen molar-refractivity contribution in [1.82, 2.24) is 15.1 Å². The van der Waals surface area contributed by atoms with E-state index in [4.69, 9.17) is 0 Å². The van der Waals surface area contributed by atoms with E-state index in [9.17, 15) is 5.26 Å². The summed E-state index contributed by atoms with van der Waals surface area (Å²) in [4.78, 5) is 5.03. The third-order valence-electron chi connectivity index (χ3n) is 4.59. The lowest BCUT2D eigenvalue weighted by atomic mass is 10.0. The molecule has 4 heteroatoms. The van der Waals surface area contributed by atoms with Crippen LogP contribution in [-0.4, -0.2) is 60.6 Å². The van der Waals surface area contributed by atoms with E-state index < -0.39 is 5.54 Å². The maximum absolute atomic E-state index is 9.35. The Balaban J connectivity index is 1.96. The van der Waals surface area contributed by atoms with Crippen LogP contribution in [0, 0.1) is 11.3 Å². The van der Waals surface area contributed by atoms with Gasteiger partial charge in [-0.3, -0.25) is 15.1 Å². The number of fused-ring (bicyclic) bond motifs is 2. The first-order valence-corrected chi connectivity index (χ1v) is 7.18. The van der Waals surface area contributed by atoms with Crippen LogP contribution in [0.25, 0.3) is 0 Å². The van der Waals surface area contributed by atoms with Gasteiger partial charge >= 0.3 is 0 Å². The second kappa shape index (κ2) is 5.56. The molecule has 0 aromatic rings. The van der Waals surface area contributed by atoms with Gasteiger partial charge in [0.25, 0.3) is 0 Å². The fraction of sp³-hybridized carbons (Fsp3) is 0.929. The topological polar surface area (TPSA) is 42.3 Å². The van der Waals surface area contributed by atoms with Crippen molar-refractivity contribution >= 4 is 0 Å². The standard InChI is InChI=1S/C14H26N4/c1-4-16-14(2,10-15)11-18-8-7-12-5-6-13(9-18)17(12)3/h12-13,16H,4-9,11H2,1-3H3. The van der Waals surface area contributed by atoms with Crippen LogP contribution in [0.1, 0.15) is 33.1 Å². The largest absolute Gasteiger partial charge is 0.299 e. The van der Waals surface area contributed by atoms with E-state index in [2.05, 4.69) is 35.2 Å². The monoisotopic (exact) mass is 250 g/mol. The summed E-state index contributed by atoms with van der Waals surface area (Å²) in [5.41, 5.74) is -0.406. The molecule has 0 aliphatic carbocycles. The summed E-state index contributed by atoms with van der Waals surface area (Å²) in [5, 5.41) is 12.7. The van der Waals surface area contributed by atoms with Gasteiger partial charge in [0.2, 0.25) is 0 Å². The lowest BCUT2D eigenvalue weighted by Crippen LogP contribution is -2.52. The van der Waals surface area contributed by atoms with Crippen LogP contribution >= 0.6 is 0 Å². The van der Waals surface area contributed by atoms with E-state index in [1.807, 2.05) is 6.92 Å². The number of nitrogens with zero attached hydrogens (tertiary/aromatic N) is 3. The molecule has 3 unspecified atom stereocenters. The number of nitrogens with one attached hydrogen (secondary N) is 1. The molecule has 0 saturated carbocycles. The Labute approximate surface area is 111 Å². The molecule has 0 spiro atoms. The minimum absolute atomic E-state index is 0.406. The van der Waals surface area contributed by atoms with Crippen molar-refractivity contribution < 1.29 is 0 Å². The Bertz CT molecular complexity index is 324. The normalized spacial score (nSPS) is 32.8. The van der Waals surface area contributed by atoms with Gasteiger partial charge in [-0.25, -0.2) is 0 Å². The van der Waals surface area contributed by atoms with Gasteiger partial charge in [-0.1, -0.05) is 6.92 Å². The maximum atomic E-state index is 9.35. The molecular weight excluding hydrogens is 224 g/mol. The molecule has 0 aromatic heterocycles. The average Bonchev–Trinajstić information content (AvgIpc) is 2.58. The van der Waals surface area contributed by atoms with Crippen molar-refractivity contribution in [2.75, 3.05) is 33.2 Å². The van der Waals surface area contributed by atoms with Gasteiger partial charge in [-0.05, 0) is 46.3 Å². The number of nitriles is 1. The lowest BCUT2D eigenvalue weighted by Gasteiger charge is -2.32. The average molecular weight is 250 g/mol. The molecule has 4 nitrogen and oxygen atoms in total. The van der Waals surface area contributed by atoms with Gasteiger partial charge < -0.3 is 0 Å². The van der Waals surface area contributed by atoms with Crippen LogP contribution in [0.4, 0.5) is 0 Å². The van der Waals surface area contributed by atoms with Crippen LogP contribution in [0.15, 0.2) is 0 Å². The first-order chi connectivity index (χ1) is 8.58. The molecule has 2 heterocycles. The third kappa shape index (κ3) is 2.85. The van der Waals surface area contributed by atoms with E-state index >= 15 is 0 Å². The van der Waals surface area contributed by atoms with Crippen LogP contribution in [-0.2, 0) is 0 Å². The predicted octanol–water partition coefficient (Wildman–Crippen LogP) is 1.05. The Morgan fingerprint density at radius 3 is 2.72 bits per heavy atom. The molecule has 3 atom stereocenters. The first kappa shape index (κ1) is 13.8. The summed E-state index contributed by atoms with van der Waals surface area (Å²) in [7, 11) is 2.26. The summed E-state index contributed by atoms with van der Waals surface area (Å²) in [6.45, 7) is 8.03. The number of rotatable bonds is 4. The molecule has 0 radical (unpaired) electrons. The fourth-order valence-electron chi connectivity index (χ4n) is 3.49. The minimum Gasteiger partial charge on any atom is -0.299 e. The Hall–Kier alpha value is -0.630. The summed E-state index contributed by atoms with van der Waals surface area (Å²) >= 11 is 0. The highest BCUT2D eigenvalue weighted by atomic mass is 15.3. The SMILES string of the molecule is CCNC(C)(C#N)CN1CCC2CCC(C1)N2C.